The lowest BCUT2D eigenvalue weighted by Crippen LogP contribution is -2.19. The fraction of sp³-hybridized carbons (Fsp3) is 0.400. The Labute approximate surface area is 152 Å². The van der Waals surface area contributed by atoms with Crippen LogP contribution in [-0.4, -0.2) is 33.0 Å². The van der Waals surface area contributed by atoms with E-state index in [0.29, 0.717) is 12.6 Å². The molecule has 1 saturated heterocycles. The van der Waals surface area contributed by atoms with Crippen LogP contribution < -0.4 is 15.4 Å². The molecular weight excluding hydrogens is 389 g/mol. The van der Waals surface area contributed by atoms with Crippen LogP contribution in [0.15, 0.2) is 27.9 Å². The number of alkyl halides is 2. The number of halogens is 3. The number of nitrogens with one attached hydrogen (secondary N) is 3. The second-order valence-electron chi connectivity index (χ2n) is 5.89. The number of hydrogen-bond donors (Lipinski definition) is 3. The molecule has 2 heterocycles. The van der Waals surface area contributed by atoms with Crippen molar-refractivity contribution >= 4 is 32.9 Å². The van der Waals surface area contributed by atoms with E-state index < -0.39 is 32.7 Å². The first-order chi connectivity index (χ1) is 12.4. The third-order valence-electron chi connectivity index (χ3n) is 4.04. The zero-order chi connectivity index (χ0) is 18.7. The summed E-state index contributed by atoms with van der Waals surface area (Å²) in [5, 5.41) is 7.38. The summed E-state index contributed by atoms with van der Waals surface area (Å²) in [6.07, 6.45) is -2.06. The van der Waals surface area contributed by atoms with Crippen molar-refractivity contribution in [3.8, 4) is 0 Å². The molecule has 1 aromatic heterocycles. The van der Waals surface area contributed by atoms with E-state index >= 15 is 0 Å². The summed E-state index contributed by atoms with van der Waals surface area (Å²) in [7, 11) is -4.37. The largest absolute Gasteiger partial charge is 0.384 e. The van der Waals surface area contributed by atoms with Crippen LogP contribution in [0.1, 0.15) is 18.4 Å². The van der Waals surface area contributed by atoms with Gasteiger partial charge < -0.3 is 10.6 Å². The molecule has 1 aliphatic heterocycles. The maximum Gasteiger partial charge on any atom is 0.266 e. The van der Waals surface area contributed by atoms with Crippen molar-refractivity contribution in [2.45, 2.75) is 17.7 Å². The van der Waals surface area contributed by atoms with Gasteiger partial charge in [0.25, 0.3) is 16.4 Å². The maximum absolute atomic E-state index is 14.4. The molecule has 11 heteroatoms. The van der Waals surface area contributed by atoms with Gasteiger partial charge in [-0.3, -0.25) is 4.72 Å². The zero-order valence-corrected chi connectivity index (χ0v) is 15.1. The van der Waals surface area contributed by atoms with Gasteiger partial charge in [0, 0.05) is 23.2 Å². The van der Waals surface area contributed by atoms with Gasteiger partial charge >= 0.3 is 0 Å². The highest BCUT2D eigenvalue weighted by Gasteiger charge is 2.26. The summed E-state index contributed by atoms with van der Waals surface area (Å²) >= 11 is 1.14. The quantitative estimate of drug-likeness (QED) is 0.658. The van der Waals surface area contributed by atoms with Crippen molar-refractivity contribution in [2.75, 3.05) is 29.7 Å². The van der Waals surface area contributed by atoms with E-state index in [1.54, 1.807) is 0 Å². The van der Waals surface area contributed by atoms with Gasteiger partial charge in [0.05, 0.1) is 5.51 Å². The zero-order valence-electron chi connectivity index (χ0n) is 13.5. The predicted molar refractivity (Wildman–Crippen MR) is 93.7 cm³/mol. The Kier molecular flexibility index (Phi) is 5.68. The van der Waals surface area contributed by atoms with Crippen LogP contribution in [0.3, 0.4) is 0 Å². The number of aromatic nitrogens is 1. The highest BCUT2D eigenvalue weighted by atomic mass is 32.2. The van der Waals surface area contributed by atoms with Gasteiger partial charge in [0.1, 0.15) is 10.7 Å². The van der Waals surface area contributed by atoms with Crippen LogP contribution >= 0.6 is 11.3 Å². The smallest absolute Gasteiger partial charge is 0.266 e. The first kappa shape index (κ1) is 18.9. The summed E-state index contributed by atoms with van der Waals surface area (Å²) in [5.74, 6) is -0.855. The van der Waals surface area contributed by atoms with Crippen LogP contribution in [-0.2, 0) is 10.0 Å². The van der Waals surface area contributed by atoms with Gasteiger partial charge in [0.15, 0.2) is 5.82 Å². The third kappa shape index (κ3) is 4.27. The Hall–Kier alpha value is -1.85. The number of benzene rings is 1. The molecule has 6 nitrogen and oxygen atoms in total. The van der Waals surface area contributed by atoms with Crippen molar-refractivity contribution < 1.29 is 21.6 Å². The summed E-state index contributed by atoms with van der Waals surface area (Å²) in [6.45, 7) is 2.00. The van der Waals surface area contributed by atoms with Crippen molar-refractivity contribution in [3.63, 3.8) is 0 Å². The minimum atomic E-state index is -4.37. The SMILES string of the molecule is O=S(=O)(Nc1cscn1)c1cc(C(F)F)c(NC[C@H]2CCNC2)cc1F. The summed E-state index contributed by atoms with van der Waals surface area (Å²) in [5.41, 5.74) is 0.733. The fourth-order valence-electron chi connectivity index (χ4n) is 2.71. The van der Waals surface area contributed by atoms with E-state index in [1.165, 1.54) is 10.9 Å². The normalized spacial score (nSPS) is 17.6. The highest BCUT2D eigenvalue weighted by Crippen LogP contribution is 2.32. The lowest BCUT2D eigenvalue weighted by molar-refractivity contribution is 0.151. The van der Waals surface area contributed by atoms with E-state index in [0.717, 1.165) is 36.9 Å². The van der Waals surface area contributed by atoms with Gasteiger partial charge in [-0.2, -0.15) is 0 Å². The number of sulfonamides is 1. The predicted octanol–water partition coefficient (Wildman–Crippen LogP) is 3.04. The molecule has 0 aliphatic carbocycles. The van der Waals surface area contributed by atoms with Gasteiger partial charge in [-0.15, -0.1) is 11.3 Å². The molecule has 1 atom stereocenters. The molecule has 142 valence electrons. The molecule has 1 aromatic carbocycles. The molecule has 0 saturated carbocycles. The van der Waals surface area contributed by atoms with E-state index in [-0.39, 0.29) is 17.4 Å². The Morgan fingerprint density at radius 1 is 1.38 bits per heavy atom. The number of anilines is 2. The number of nitrogens with zero attached hydrogens (tertiary/aromatic N) is 1. The molecule has 0 amide bonds. The van der Waals surface area contributed by atoms with E-state index in [2.05, 4.69) is 20.3 Å². The molecule has 0 unspecified atom stereocenters. The van der Waals surface area contributed by atoms with E-state index in [1.807, 2.05) is 0 Å². The van der Waals surface area contributed by atoms with Crippen LogP contribution in [0.25, 0.3) is 0 Å². The van der Waals surface area contributed by atoms with E-state index in [4.69, 9.17) is 0 Å². The van der Waals surface area contributed by atoms with Gasteiger partial charge in [-0.25, -0.2) is 26.6 Å². The Morgan fingerprint density at radius 2 is 2.19 bits per heavy atom. The van der Waals surface area contributed by atoms with E-state index in [9.17, 15) is 21.6 Å². The maximum atomic E-state index is 14.4. The number of hydrogen-bond acceptors (Lipinski definition) is 6. The molecule has 1 fully saturated rings. The van der Waals surface area contributed by atoms with Crippen molar-refractivity contribution in [1.82, 2.24) is 10.3 Å². The Balaban J connectivity index is 1.88. The summed E-state index contributed by atoms with van der Waals surface area (Å²) < 4.78 is 67.9. The minimum Gasteiger partial charge on any atom is -0.384 e. The van der Waals surface area contributed by atoms with Crippen LogP contribution in [0.2, 0.25) is 0 Å². The molecule has 0 radical (unpaired) electrons. The summed E-state index contributed by atoms with van der Waals surface area (Å²) in [6, 6.07) is 1.48. The topological polar surface area (TPSA) is 83.1 Å². The van der Waals surface area contributed by atoms with Crippen LogP contribution in [0, 0.1) is 11.7 Å². The lowest BCUT2D eigenvalue weighted by atomic mass is 10.1. The molecule has 3 rings (SSSR count). The van der Waals surface area contributed by atoms with Crippen LogP contribution in [0.4, 0.5) is 24.7 Å². The van der Waals surface area contributed by atoms with Gasteiger partial charge in [0.2, 0.25) is 0 Å². The molecule has 2 aromatic rings. The number of thiazole rings is 1. The fourth-order valence-corrected chi connectivity index (χ4v) is 4.36. The Morgan fingerprint density at radius 3 is 2.81 bits per heavy atom. The molecular formula is C15H17F3N4O2S2. The molecule has 0 bridgehead atoms. The van der Waals surface area contributed by atoms with Crippen molar-refractivity contribution in [3.05, 3.63) is 34.4 Å². The third-order valence-corrected chi connectivity index (χ3v) is 6.00. The molecule has 0 spiro atoms. The second-order valence-corrected chi connectivity index (χ2v) is 8.26. The first-order valence-corrected chi connectivity index (χ1v) is 10.3. The van der Waals surface area contributed by atoms with Crippen molar-refractivity contribution in [1.29, 1.82) is 0 Å². The lowest BCUT2D eigenvalue weighted by Gasteiger charge is -2.17. The molecule has 1 aliphatic rings. The standard InChI is InChI=1S/C15H17F3N4O2S2/c16-11-4-12(20-6-9-1-2-19-5-9)10(15(17)18)3-13(11)26(23,24)22-14-7-25-8-21-14/h3-4,7-9,15,19-20,22H,1-2,5-6H2/t9-/m0/s1. The second kappa shape index (κ2) is 7.80. The average molecular weight is 406 g/mol. The van der Waals surface area contributed by atoms with Crippen molar-refractivity contribution in [2.24, 2.45) is 5.92 Å². The monoisotopic (exact) mass is 406 g/mol. The average Bonchev–Trinajstić information content (AvgIpc) is 3.25. The van der Waals surface area contributed by atoms with Crippen LogP contribution in [0.5, 0.6) is 0 Å². The minimum absolute atomic E-state index is 0.00364. The van der Waals surface area contributed by atoms with Gasteiger partial charge in [-0.1, -0.05) is 0 Å². The Bertz CT molecular complexity index is 854. The first-order valence-electron chi connectivity index (χ1n) is 7.84. The summed E-state index contributed by atoms with van der Waals surface area (Å²) in [4.78, 5) is 2.91. The van der Waals surface area contributed by atoms with Gasteiger partial charge in [-0.05, 0) is 37.6 Å². The highest BCUT2D eigenvalue weighted by molar-refractivity contribution is 7.92. The molecule has 26 heavy (non-hydrogen) atoms. The number of rotatable bonds is 7. The molecule has 3 N–H and O–H groups in total.